The van der Waals surface area contributed by atoms with Crippen LogP contribution >= 0.6 is 0 Å². The average Bonchev–Trinajstić information content (AvgIpc) is 2.75. The Hall–Kier alpha value is -1.36. The second kappa shape index (κ2) is 6.39. The summed E-state index contributed by atoms with van der Waals surface area (Å²) in [5.41, 5.74) is 0. The van der Waals surface area contributed by atoms with E-state index in [9.17, 15) is 4.79 Å². The Morgan fingerprint density at radius 2 is 2.29 bits per heavy atom. The summed E-state index contributed by atoms with van der Waals surface area (Å²) in [6, 6.07) is -0.322. The highest BCUT2D eigenvalue weighted by Crippen LogP contribution is 2.12. The minimum Gasteiger partial charge on any atom is -0.468 e. The Kier molecular flexibility index (Phi) is 5.15. The molecule has 0 aliphatic carbocycles. The lowest BCUT2D eigenvalue weighted by Crippen LogP contribution is -2.41. The molecule has 1 heterocycles. The molecule has 0 aromatic carbocycles. The first-order chi connectivity index (χ1) is 8.10. The smallest absolute Gasteiger partial charge is 0.324 e. The maximum atomic E-state index is 11.6. The predicted molar refractivity (Wildman–Crippen MR) is 65.8 cm³/mol. The van der Waals surface area contributed by atoms with Crippen LogP contribution in [0.2, 0.25) is 0 Å². The Morgan fingerprint density at radius 3 is 2.82 bits per heavy atom. The van der Waals surface area contributed by atoms with E-state index in [0.717, 1.165) is 12.4 Å². The van der Waals surface area contributed by atoms with Crippen molar-refractivity contribution >= 4 is 5.97 Å². The van der Waals surface area contributed by atoms with Gasteiger partial charge in [-0.25, -0.2) is 4.98 Å². The molecule has 0 saturated carbocycles. The molecule has 17 heavy (non-hydrogen) atoms. The summed E-state index contributed by atoms with van der Waals surface area (Å²) in [6.07, 6.45) is 3.65. The van der Waals surface area contributed by atoms with Crippen molar-refractivity contribution in [2.45, 2.75) is 39.3 Å². The van der Waals surface area contributed by atoms with Gasteiger partial charge in [0.1, 0.15) is 11.9 Å². The van der Waals surface area contributed by atoms with Crippen LogP contribution in [0.25, 0.3) is 0 Å². The number of esters is 1. The number of nitrogens with one attached hydrogen (secondary N) is 1. The summed E-state index contributed by atoms with van der Waals surface area (Å²) in [4.78, 5) is 15.9. The van der Waals surface area contributed by atoms with Crippen LogP contribution < -0.4 is 5.32 Å². The van der Waals surface area contributed by atoms with Crippen molar-refractivity contribution in [3.63, 3.8) is 0 Å². The van der Waals surface area contributed by atoms with Crippen molar-refractivity contribution in [3.8, 4) is 0 Å². The highest BCUT2D eigenvalue weighted by Gasteiger charge is 2.20. The third-order valence-electron chi connectivity index (χ3n) is 2.58. The molecule has 0 saturated heterocycles. The molecule has 1 atom stereocenters. The standard InChI is InChI=1S/C12H21N3O2/c1-5-13-10(12(16)17-4)8-15-7-6-14-11(15)9(2)3/h6-7,9-10,13H,5,8H2,1-4H3. The molecule has 1 N–H and O–H groups in total. The van der Waals surface area contributed by atoms with Crippen LogP contribution in [-0.2, 0) is 16.1 Å². The summed E-state index contributed by atoms with van der Waals surface area (Å²) in [6.45, 7) is 7.41. The van der Waals surface area contributed by atoms with E-state index in [-0.39, 0.29) is 12.0 Å². The Balaban J connectivity index is 2.78. The zero-order valence-corrected chi connectivity index (χ0v) is 10.9. The first kappa shape index (κ1) is 13.7. The minimum absolute atomic E-state index is 0.241. The van der Waals surface area contributed by atoms with E-state index >= 15 is 0 Å². The fraction of sp³-hybridized carbons (Fsp3) is 0.667. The van der Waals surface area contributed by atoms with E-state index in [1.165, 1.54) is 7.11 Å². The van der Waals surface area contributed by atoms with Crippen LogP contribution in [0.3, 0.4) is 0 Å². The number of carbonyl (C=O) groups is 1. The number of aromatic nitrogens is 2. The number of carbonyl (C=O) groups excluding carboxylic acids is 1. The fourth-order valence-corrected chi connectivity index (χ4v) is 1.78. The van der Waals surface area contributed by atoms with Crippen molar-refractivity contribution in [1.82, 2.24) is 14.9 Å². The molecule has 0 radical (unpaired) electrons. The summed E-state index contributed by atoms with van der Waals surface area (Å²) in [5.74, 6) is 1.08. The number of nitrogens with zero attached hydrogens (tertiary/aromatic N) is 2. The monoisotopic (exact) mass is 239 g/mol. The molecule has 1 aromatic heterocycles. The first-order valence-electron chi connectivity index (χ1n) is 5.92. The van der Waals surface area contributed by atoms with Gasteiger partial charge in [0, 0.05) is 24.9 Å². The molecule has 0 aliphatic rings. The number of likely N-dealkylation sites (N-methyl/N-ethyl adjacent to an activating group) is 1. The van der Waals surface area contributed by atoms with Crippen molar-refractivity contribution in [1.29, 1.82) is 0 Å². The van der Waals surface area contributed by atoms with Gasteiger partial charge in [-0.1, -0.05) is 20.8 Å². The number of ether oxygens (including phenoxy) is 1. The maximum absolute atomic E-state index is 11.6. The number of hydrogen-bond donors (Lipinski definition) is 1. The third-order valence-corrected chi connectivity index (χ3v) is 2.58. The van der Waals surface area contributed by atoms with Crippen LogP contribution in [0.4, 0.5) is 0 Å². The van der Waals surface area contributed by atoms with Gasteiger partial charge in [-0.2, -0.15) is 0 Å². The Morgan fingerprint density at radius 1 is 1.59 bits per heavy atom. The van der Waals surface area contributed by atoms with Crippen molar-refractivity contribution in [2.75, 3.05) is 13.7 Å². The Bertz CT molecular complexity index is 360. The highest BCUT2D eigenvalue weighted by molar-refractivity contribution is 5.75. The summed E-state index contributed by atoms with van der Waals surface area (Å²) >= 11 is 0. The van der Waals surface area contributed by atoms with Gasteiger partial charge in [0.15, 0.2) is 0 Å². The number of hydrogen-bond acceptors (Lipinski definition) is 4. The normalized spacial score (nSPS) is 12.8. The molecular formula is C12H21N3O2. The van der Waals surface area contributed by atoms with E-state index in [0.29, 0.717) is 12.5 Å². The molecule has 1 rings (SSSR count). The zero-order chi connectivity index (χ0) is 12.8. The molecule has 96 valence electrons. The van der Waals surface area contributed by atoms with Crippen LogP contribution in [0, 0.1) is 0 Å². The molecule has 0 spiro atoms. The topological polar surface area (TPSA) is 56.2 Å². The summed E-state index contributed by atoms with van der Waals surface area (Å²) in [7, 11) is 1.41. The summed E-state index contributed by atoms with van der Waals surface area (Å²) < 4.78 is 6.77. The highest BCUT2D eigenvalue weighted by atomic mass is 16.5. The molecule has 0 aliphatic heterocycles. The lowest BCUT2D eigenvalue weighted by molar-refractivity contribution is -0.143. The van der Waals surface area contributed by atoms with Gasteiger partial charge in [0.25, 0.3) is 0 Å². The van der Waals surface area contributed by atoms with E-state index in [1.54, 1.807) is 6.20 Å². The molecule has 5 heteroatoms. The van der Waals surface area contributed by atoms with E-state index in [4.69, 9.17) is 4.74 Å². The van der Waals surface area contributed by atoms with Gasteiger partial charge >= 0.3 is 5.97 Å². The van der Waals surface area contributed by atoms with Gasteiger partial charge in [0.2, 0.25) is 0 Å². The molecule has 1 unspecified atom stereocenters. The van der Waals surface area contributed by atoms with Crippen molar-refractivity contribution in [2.24, 2.45) is 0 Å². The lowest BCUT2D eigenvalue weighted by Gasteiger charge is -2.18. The van der Waals surface area contributed by atoms with Crippen LogP contribution in [-0.4, -0.2) is 35.2 Å². The average molecular weight is 239 g/mol. The zero-order valence-electron chi connectivity index (χ0n) is 10.9. The van der Waals surface area contributed by atoms with Gasteiger partial charge in [-0.3, -0.25) is 4.79 Å². The van der Waals surface area contributed by atoms with E-state index < -0.39 is 0 Å². The van der Waals surface area contributed by atoms with Gasteiger partial charge in [-0.05, 0) is 6.54 Å². The van der Waals surface area contributed by atoms with Gasteiger partial charge in [0.05, 0.1) is 7.11 Å². The van der Waals surface area contributed by atoms with Crippen molar-refractivity contribution < 1.29 is 9.53 Å². The molecule has 0 fully saturated rings. The van der Waals surface area contributed by atoms with E-state index in [1.807, 2.05) is 17.7 Å². The van der Waals surface area contributed by atoms with Crippen LogP contribution in [0.15, 0.2) is 12.4 Å². The molecule has 0 bridgehead atoms. The largest absolute Gasteiger partial charge is 0.468 e. The van der Waals surface area contributed by atoms with Gasteiger partial charge in [-0.15, -0.1) is 0 Å². The number of methoxy groups -OCH3 is 1. The second-order valence-corrected chi connectivity index (χ2v) is 4.23. The predicted octanol–water partition coefficient (Wildman–Crippen LogP) is 1.16. The quantitative estimate of drug-likeness (QED) is 0.757. The Labute approximate surface area is 102 Å². The van der Waals surface area contributed by atoms with E-state index in [2.05, 4.69) is 24.1 Å². The van der Waals surface area contributed by atoms with Gasteiger partial charge < -0.3 is 14.6 Å². The maximum Gasteiger partial charge on any atom is 0.324 e. The molecular weight excluding hydrogens is 218 g/mol. The molecule has 5 nitrogen and oxygen atoms in total. The number of imidazole rings is 1. The third kappa shape index (κ3) is 3.56. The number of rotatable bonds is 6. The molecule has 1 aromatic rings. The lowest BCUT2D eigenvalue weighted by atomic mass is 10.2. The van der Waals surface area contributed by atoms with Crippen LogP contribution in [0.5, 0.6) is 0 Å². The molecule has 0 amide bonds. The summed E-state index contributed by atoms with van der Waals surface area (Å²) in [5, 5.41) is 3.11. The van der Waals surface area contributed by atoms with Crippen LogP contribution in [0.1, 0.15) is 32.5 Å². The SMILES string of the molecule is CCNC(Cn1ccnc1C(C)C)C(=O)OC. The second-order valence-electron chi connectivity index (χ2n) is 4.23. The van der Waals surface area contributed by atoms with Crippen molar-refractivity contribution in [3.05, 3.63) is 18.2 Å². The fourth-order valence-electron chi connectivity index (χ4n) is 1.78. The minimum atomic E-state index is -0.322. The first-order valence-corrected chi connectivity index (χ1v) is 5.92.